The van der Waals surface area contributed by atoms with Crippen LogP contribution >= 0.6 is 0 Å². The summed E-state index contributed by atoms with van der Waals surface area (Å²) in [5.74, 6) is -0.702. The zero-order valence-electron chi connectivity index (χ0n) is 26.6. The molecule has 7 nitrogen and oxygen atoms in total. The van der Waals surface area contributed by atoms with Crippen LogP contribution < -0.4 is 15.4 Å². The van der Waals surface area contributed by atoms with Gasteiger partial charge < -0.3 is 25.4 Å². The monoisotopic (exact) mass is 627 g/mol. The first kappa shape index (κ1) is 35.6. The molecule has 244 valence electrons. The van der Waals surface area contributed by atoms with Crippen LogP contribution in [-0.2, 0) is 18.1 Å². The molecule has 2 atom stereocenters. The number of amides is 2. The van der Waals surface area contributed by atoms with Gasteiger partial charge in [-0.3, -0.25) is 9.59 Å². The molecular formula is C35H44F3N3O4. The molecule has 0 aromatic heterocycles. The van der Waals surface area contributed by atoms with E-state index in [1.165, 1.54) is 11.0 Å². The highest BCUT2D eigenvalue weighted by Crippen LogP contribution is 2.31. The topological polar surface area (TPSA) is 90.9 Å². The van der Waals surface area contributed by atoms with Gasteiger partial charge in [0.05, 0.1) is 24.8 Å². The van der Waals surface area contributed by atoms with Crippen molar-refractivity contribution in [3.8, 4) is 5.75 Å². The van der Waals surface area contributed by atoms with Gasteiger partial charge in [0, 0.05) is 36.3 Å². The normalized spacial score (nSPS) is 13.2. The fourth-order valence-electron chi connectivity index (χ4n) is 5.10. The lowest BCUT2D eigenvalue weighted by Gasteiger charge is -2.31. The average Bonchev–Trinajstić information content (AvgIpc) is 3.02. The number of hydrogen-bond donors (Lipinski definition) is 3. The molecule has 0 radical (unpaired) electrons. The lowest BCUT2D eigenvalue weighted by Crippen LogP contribution is -2.51. The Hall–Kier alpha value is -3.89. The number of benzene rings is 3. The van der Waals surface area contributed by atoms with E-state index in [1.807, 2.05) is 82.3 Å². The van der Waals surface area contributed by atoms with Gasteiger partial charge in [0.25, 0.3) is 11.8 Å². The van der Waals surface area contributed by atoms with E-state index in [4.69, 9.17) is 4.74 Å². The van der Waals surface area contributed by atoms with Crippen molar-refractivity contribution in [1.29, 1.82) is 0 Å². The molecule has 0 saturated carbocycles. The van der Waals surface area contributed by atoms with Gasteiger partial charge in [-0.25, -0.2) is 0 Å². The Bertz CT molecular complexity index is 1410. The minimum Gasteiger partial charge on any atom is -0.497 e. The van der Waals surface area contributed by atoms with Crippen molar-refractivity contribution >= 4 is 11.8 Å². The standard InChI is InChI=1S/C35H44F3N3O4/c1-6-16-41(17-7-2)33(44)26-19-25(20-28(21-26)35(36,37)38)32(43)40-30(18-24-12-9-8-10-13-24)31(42)23-39-34(3,4)27-14-11-15-29(22-27)45-5/h8-15,19-22,30-31,39,42H,6-7,16-18,23H2,1-5H3,(H,40,43)/t30-,31+/m0/s1. The van der Waals surface area contributed by atoms with E-state index in [2.05, 4.69) is 10.6 Å². The maximum atomic E-state index is 13.9. The number of alkyl halides is 3. The summed E-state index contributed by atoms with van der Waals surface area (Å²) in [5.41, 5.74) is -0.457. The average molecular weight is 628 g/mol. The maximum Gasteiger partial charge on any atom is 0.416 e. The van der Waals surface area contributed by atoms with E-state index >= 15 is 0 Å². The summed E-state index contributed by atoms with van der Waals surface area (Å²) in [6.07, 6.45) is -4.39. The Labute approximate surface area is 263 Å². The van der Waals surface area contributed by atoms with Crippen LogP contribution in [0, 0.1) is 0 Å². The number of halogens is 3. The first-order valence-electron chi connectivity index (χ1n) is 15.2. The first-order chi connectivity index (χ1) is 21.3. The Morgan fingerprint density at radius 1 is 0.889 bits per heavy atom. The number of ether oxygens (including phenoxy) is 1. The Kier molecular flexibility index (Phi) is 12.6. The third-order valence-corrected chi connectivity index (χ3v) is 7.67. The van der Waals surface area contributed by atoms with Gasteiger partial charge >= 0.3 is 6.18 Å². The highest BCUT2D eigenvalue weighted by molar-refractivity contribution is 6.00. The first-order valence-corrected chi connectivity index (χ1v) is 15.2. The van der Waals surface area contributed by atoms with E-state index in [-0.39, 0.29) is 24.1 Å². The molecule has 45 heavy (non-hydrogen) atoms. The number of carbonyl (C=O) groups is 2. The van der Waals surface area contributed by atoms with Crippen LogP contribution in [-0.4, -0.2) is 60.7 Å². The summed E-state index contributed by atoms with van der Waals surface area (Å²) >= 11 is 0. The number of methoxy groups -OCH3 is 1. The molecule has 0 spiro atoms. The lowest BCUT2D eigenvalue weighted by atomic mass is 9.93. The number of nitrogens with zero attached hydrogens (tertiary/aromatic N) is 1. The molecular weight excluding hydrogens is 583 g/mol. The summed E-state index contributed by atoms with van der Waals surface area (Å²) in [7, 11) is 1.58. The van der Waals surface area contributed by atoms with Gasteiger partial charge in [0.1, 0.15) is 5.75 Å². The Morgan fingerprint density at radius 2 is 1.53 bits per heavy atom. The molecule has 0 aliphatic heterocycles. The summed E-state index contributed by atoms with van der Waals surface area (Å²) in [4.78, 5) is 28.3. The van der Waals surface area contributed by atoms with Crippen LogP contribution in [0.15, 0.2) is 72.8 Å². The fraction of sp³-hybridized carbons (Fsp3) is 0.429. The van der Waals surface area contributed by atoms with Crippen LogP contribution in [0.25, 0.3) is 0 Å². The summed E-state index contributed by atoms with van der Waals surface area (Å²) < 4.78 is 47.1. The summed E-state index contributed by atoms with van der Waals surface area (Å²) in [6, 6.07) is 18.6. The molecule has 2 amide bonds. The summed E-state index contributed by atoms with van der Waals surface area (Å²) in [6.45, 7) is 8.49. The molecule has 0 aliphatic rings. The van der Waals surface area contributed by atoms with Gasteiger partial charge in [0.2, 0.25) is 0 Å². The zero-order valence-corrected chi connectivity index (χ0v) is 26.6. The molecule has 3 rings (SSSR count). The van der Waals surface area contributed by atoms with Gasteiger partial charge in [-0.15, -0.1) is 0 Å². The summed E-state index contributed by atoms with van der Waals surface area (Å²) in [5, 5.41) is 17.5. The molecule has 0 unspecified atom stereocenters. The van der Waals surface area contributed by atoms with Crippen molar-refractivity contribution in [3.63, 3.8) is 0 Å². The molecule has 0 heterocycles. The predicted octanol–water partition coefficient (Wildman–Crippen LogP) is 6.20. The van der Waals surface area contributed by atoms with Crippen LogP contribution in [0.5, 0.6) is 5.75 Å². The quantitative estimate of drug-likeness (QED) is 0.187. The number of rotatable bonds is 15. The molecule has 3 aromatic carbocycles. The SMILES string of the molecule is CCCN(CCC)C(=O)c1cc(C(=O)N[C@@H](Cc2ccccc2)[C@H](O)CNC(C)(C)c2cccc(OC)c2)cc(C(F)(F)F)c1. The molecule has 0 aliphatic carbocycles. The number of nitrogens with one attached hydrogen (secondary N) is 2. The fourth-order valence-corrected chi connectivity index (χ4v) is 5.10. The zero-order chi connectivity index (χ0) is 33.2. The van der Waals surface area contributed by atoms with Gasteiger partial charge in [-0.2, -0.15) is 13.2 Å². The third kappa shape index (κ3) is 10.1. The van der Waals surface area contributed by atoms with Gasteiger partial charge in [0.15, 0.2) is 0 Å². The van der Waals surface area contributed by atoms with Crippen molar-refractivity contribution in [1.82, 2.24) is 15.5 Å². The maximum absolute atomic E-state index is 13.9. The van der Waals surface area contributed by atoms with Crippen molar-refractivity contribution in [2.75, 3.05) is 26.7 Å². The highest BCUT2D eigenvalue weighted by Gasteiger charge is 2.34. The molecule has 0 fully saturated rings. The van der Waals surface area contributed by atoms with Crippen LogP contribution in [0.1, 0.15) is 77.9 Å². The Balaban J connectivity index is 1.90. The molecule has 0 bridgehead atoms. The van der Waals surface area contributed by atoms with Crippen molar-refractivity contribution in [2.24, 2.45) is 0 Å². The minimum atomic E-state index is -4.77. The second kappa shape index (κ2) is 15.9. The molecule has 0 saturated heterocycles. The number of aliphatic hydroxyl groups excluding tert-OH is 1. The smallest absolute Gasteiger partial charge is 0.416 e. The number of hydrogen-bond acceptors (Lipinski definition) is 5. The van der Waals surface area contributed by atoms with Crippen LogP contribution in [0.3, 0.4) is 0 Å². The number of aliphatic hydroxyl groups is 1. The van der Waals surface area contributed by atoms with Gasteiger partial charge in [-0.05, 0) is 74.6 Å². The second-order valence-electron chi connectivity index (χ2n) is 11.7. The predicted molar refractivity (Wildman–Crippen MR) is 169 cm³/mol. The van der Waals surface area contributed by atoms with Crippen molar-refractivity contribution in [3.05, 3.63) is 101 Å². The van der Waals surface area contributed by atoms with Gasteiger partial charge in [-0.1, -0.05) is 56.3 Å². The van der Waals surface area contributed by atoms with Crippen molar-refractivity contribution in [2.45, 2.75) is 70.8 Å². The van der Waals surface area contributed by atoms with E-state index in [0.29, 0.717) is 31.7 Å². The largest absolute Gasteiger partial charge is 0.497 e. The molecule has 3 N–H and O–H groups in total. The minimum absolute atomic E-state index is 0.0668. The highest BCUT2D eigenvalue weighted by atomic mass is 19.4. The van der Waals surface area contributed by atoms with E-state index < -0.39 is 41.2 Å². The molecule has 3 aromatic rings. The van der Waals surface area contributed by atoms with E-state index in [1.54, 1.807) is 7.11 Å². The second-order valence-corrected chi connectivity index (χ2v) is 11.7. The van der Waals surface area contributed by atoms with E-state index in [0.717, 1.165) is 23.3 Å². The molecule has 10 heteroatoms. The lowest BCUT2D eigenvalue weighted by molar-refractivity contribution is -0.137. The van der Waals surface area contributed by atoms with Crippen LogP contribution in [0.2, 0.25) is 0 Å². The number of carbonyl (C=O) groups excluding carboxylic acids is 2. The van der Waals surface area contributed by atoms with E-state index in [9.17, 15) is 27.9 Å². The van der Waals surface area contributed by atoms with Crippen LogP contribution in [0.4, 0.5) is 13.2 Å². The van der Waals surface area contributed by atoms with Crippen molar-refractivity contribution < 1.29 is 32.6 Å². The Morgan fingerprint density at radius 3 is 2.13 bits per heavy atom. The third-order valence-electron chi connectivity index (χ3n) is 7.67.